The third kappa shape index (κ3) is 2.36. The zero-order chi connectivity index (χ0) is 15.0. The second-order valence-electron chi connectivity index (χ2n) is 4.58. The van der Waals surface area contributed by atoms with E-state index in [-0.39, 0.29) is 5.56 Å². The Morgan fingerprint density at radius 1 is 1.43 bits per heavy atom. The van der Waals surface area contributed by atoms with E-state index >= 15 is 0 Å². The third-order valence-corrected chi connectivity index (χ3v) is 3.58. The van der Waals surface area contributed by atoms with E-state index in [2.05, 4.69) is 10.1 Å². The van der Waals surface area contributed by atoms with Crippen LogP contribution in [0.15, 0.2) is 36.7 Å². The van der Waals surface area contributed by atoms with Crippen LogP contribution in [0.5, 0.6) is 0 Å². The molecule has 0 fully saturated rings. The Bertz CT molecular complexity index is 842. The van der Waals surface area contributed by atoms with E-state index in [0.717, 1.165) is 12.1 Å². The molecule has 3 aromatic rings. The second-order valence-corrected chi connectivity index (χ2v) is 4.99. The van der Waals surface area contributed by atoms with Gasteiger partial charge in [-0.3, -0.25) is 4.68 Å². The lowest BCUT2D eigenvalue weighted by atomic mass is 10.1. The van der Waals surface area contributed by atoms with E-state index < -0.39 is 5.97 Å². The number of aryl methyl sites for hydroxylation is 1. The third-order valence-electron chi connectivity index (χ3n) is 3.27. The van der Waals surface area contributed by atoms with Gasteiger partial charge in [0.15, 0.2) is 0 Å². The molecule has 21 heavy (non-hydrogen) atoms. The number of benzene rings is 1. The maximum absolute atomic E-state index is 11.5. The fraction of sp³-hybridized carbons (Fsp3) is 0.133. The number of rotatable bonds is 3. The summed E-state index contributed by atoms with van der Waals surface area (Å²) in [4.78, 5) is 16.0. The Kier molecular flexibility index (Phi) is 3.35. The Balaban J connectivity index is 2.29. The topological polar surface area (TPSA) is 68.0 Å². The van der Waals surface area contributed by atoms with Crippen LogP contribution in [0, 0.1) is 0 Å². The van der Waals surface area contributed by atoms with E-state index in [4.69, 9.17) is 11.6 Å². The van der Waals surface area contributed by atoms with Crippen molar-refractivity contribution in [3.05, 3.63) is 47.2 Å². The van der Waals surface area contributed by atoms with Crippen molar-refractivity contribution < 1.29 is 9.90 Å². The van der Waals surface area contributed by atoms with Gasteiger partial charge in [-0.2, -0.15) is 5.10 Å². The molecule has 0 unspecified atom stereocenters. The van der Waals surface area contributed by atoms with E-state index in [1.807, 2.05) is 13.1 Å². The summed E-state index contributed by atoms with van der Waals surface area (Å²) in [5.41, 5.74) is 1.98. The van der Waals surface area contributed by atoms with Crippen molar-refractivity contribution in [2.75, 3.05) is 0 Å². The van der Waals surface area contributed by atoms with Gasteiger partial charge in [0.05, 0.1) is 28.0 Å². The molecule has 0 atom stereocenters. The van der Waals surface area contributed by atoms with E-state index in [1.165, 1.54) is 0 Å². The molecule has 106 valence electrons. The summed E-state index contributed by atoms with van der Waals surface area (Å²) in [5, 5.41) is 14.5. The molecular formula is C15H12ClN3O2. The first-order valence-electron chi connectivity index (χ1n) is 6.45. The van der Waals surface area contributed by atoms with Crippen molar-refractivity contribution in [2.24, 2.45) is 0 Å². The minimum absolute atomic E-state index is 0.182. The van der Waals surface area contributed by atoms with Crippen molar-refractivity contribution in [1.29, 1.82) is 0 Å². The molecular weight excluding hydrogens is 290 g/mol. The summed E-state index contributed by atoms with van der Waals surface area (Å²) in [7, 11) is 0. The molecule has 5 nitrogen and oxygen atoms in total. The number of carboxylic acids is 1. The summed E-state index contributed by atoms with van der Waals surface area (Å²) in [6.07, 6.45) is 3.50. The Hall–Kier alpha value is -2.40. The monoisotopic (exact) mass is 301 g/mol. The van der Waals surface area contributed by atoms with Crippen LogP contribution >= 0.6 is 11.6 Å². The van der Waals surface area contributed by atoms with E-state index in [9.17, 15) is 9.90 Å². The van der Waals surface area contributed by atoms with Crippen LogP contribution in [0.4, 0.5) is 0 Å². The number of fused-ring (bicyclic) bond motifs is 1. The average molecular weight is 302 g/mol. The van der Waals surface area contributed by atoms with Crippen LogP contribution in [0.1, 0.15) is 17.3 Å². The normalized spacial score (nSPS) is 11.0. The van der Waals surface area contributed by atoms with Gasteiger partial charge in [-0.1, -0.05) is 23.7 Å². The molecule has 1 N–H and O–H groups in total. The van der Waals surface area contributed by atoms with Gasteiger partial charge < -0.3 is 5.11 Å². The molecule has 6 heteroatoms. The van der Waals surface area contributed by atoms with Crippen LogP contribution < -0.4 is 0 Å². The van der Waals surface area contributed by atoms with Crippen molar-refractivity contribution in [1.82, 2.24) is 14.8 Å². The number of halogens is 1. The fourth-order valence-electron chi connectivity index (χ4n) is 2.21. The molecule has 0 aliphatic rings. The van der Waals surface area contributed by atoms with Gasteiger partial charge >= 0.3 is 5.97 Å². The standard InChI is InChI=1S/C15H12ClN3O2/c1-2-19-8-9(7-17-19)13-6-11(15(20)21)10-4-3-5-12(16)14(10)18-13/h3-8H,2H2,1H3,(H,20,21). The number of hydrogen-bond acceptors (Lipinski definition) is 3. The van der Waals surface area contributed by atoms with E-state index in [1.54, 1.807) is 35.1 Å². The van der Waals surface area contributed by atoms with Gasteiger partial charge in [0.2, 0.25) is 0 Å². The number of nitrogens with zero attached hydrogens (tertiary/aromatic N) is 3. The Morgan fingerprint density at radius 3 is 2.90 bits per heavy atom. The summed E-state index contributed by atoms with van der Waals surface area (Å²) in [5.74, 6) is -1.01. The first-order chi connectivity index (χ1) is 10.1. The van der Waals surface area contributed by atoms with Crippen molar-refractivity contribution in [3.63, 3.8) is 0 Å². The molecule has 1 aromatic carbocycles. The minimum atomic E-state index is -1.01. The summed E-state index contributed by atoms with van der Waals surface area (Å²) < 4.78 is 1.76. The molecule has 3 rings (SSSR count). The maximum Gasteiger partial charge on any atom is 0.336 e. The smallest absolute Gasteiger partial charge is 0.336 e. The fourth-order valence-corrected chi connectivity index (χ4v) is 2.42. The first-order valence-corrected chi connectivity index (χ1v) is 6.83. The lowest BCUT2D eigenvalue weighted by Gasteiger charge is -2.06. The molecule has 0 aliphatic carbocycles. The molecule has 0 amide bonds. The minimum Gasteiger partial charge on any atom is -0.478 e. The molecule has 2 aromatic heterocycles. The van der Waals surface area contributed by atoms with Gasteiger partial charge in [-0.05, 0) is 19.1 Å². The van der Waals surface area contributed by atoms with Gasteiger partial charge in [-0.25, -0.2) is 9.78 Å². The zero-order valence-electron chi connectivity index (χ0n) is 11.2. The number of aromatic nitrogens is 3. The first kappa shape index (κ1) is 13.6. The van der Waals surface area contributed by atoms with Crippen molar-refractivity contribution >= 4 is 28.5 Å². The Morgan fingerprint density at radius 2 is 2.24 bits per heavy atom. The van der Waals surface area contributed by atoms with Crippen LogP contribution in [0.25, 0.3) is 22.2 Å². The SMILES string of the molecule is CCn1cc(-c2cc(C(=O)O)c3cccc(Cl)c3n2)cn1. The summed E-state index contributed by atoms with van der Waals surface area (Å²) >= 11 is 6.15. The van der Waals surface area contributed by atoms with E-state index in [0.29, 0.717) is 21.6 Å². The molecule has 0 saturated carbocycles. The quantitative estimate of drug-likeness (QED) is 0.804. The number of aromatic carboxylic acids is 1. The van der Waals surface area contributed by atoms with Gasteiger partial charge in [0.25, 0.3) is 0 Å². The highest BCUT2D eigenvalue weighted by Gasteiger charge is 2.15. The van der Waals surface area contributed by atoms with Gasteiger partial charge in [-0.15, -0.1) is 0 Å². The highest BCUT2D eigenvalue weighted by molar-refractivity contribution is 6.35. The van der Waals surface area contributed by atoms with Gasteiger partial charge in [0, 0.05) is 23.7 Å². The molecule has 0 radical (unpaired) electrons. The highest BCUT2D eigenvalue weighted by atomic mass is 35.5. The number of carbonyl (C=O) groups is 1. The molecule has 0 saturated heterocycles. The molecule has 0 bridgehead atoms. The second kappa shape index (κ2) is 5.18. The number of para-hydroxylation sites is 1. The predicted octanol–water partition coefficient (Wildman–Crippen LogP) is 3.47. The largest absolute Gasteiger partial charge is 0.478 e. The van der Waals surface area contributed by atoms with Crippen LogP contribution in [0.2, 0.25) is 5.02 Å². The lowest BCUT2D eigenvalue weighted by Crippen LogP contribution is -2.00. The number of pyridine rings is 1. The molecule has 2 heterocycles. The van der Waals surface area contributed by atoms with Crippen LogP contribution in [0.3, 0.4) is 0 Å². The molecule has 0 spiro atoms. The number of carboxylic acid groups (broad SMARTS) is 1. The van der Waals surface area contributed by atoms with Crippen LogP contribution in [-0.4, -0.2) is 25.8 Å². The number of hydrogen-bond donors (Lipinski definition) is 1. The summed E-state index contributed by atoms with van der Waals surface area (Å²) in [6, 6.07) is 6.67. The predicted molar refractivity (Wildman–Crippen MR) is 80.6 cm³/mol. The lowest BCUT2D eigenvalue weighted by molar-refractivity contribution is 0.0699. The zero-order valence-corrected chi connectivity index (χ0v) is 12.0. The average Bonchev–Trinajstić information content (AvgIpc) is 2.95. The maximum atomic E-state index is 11.5. The van der Waals surface area contributed by atoms with Crippen LogP contribution in [-0.2, 0) is 6.54 Å². The van der Waals surface area contributed by atoms with Crippen molar-refractivity contribution in [3.8, 4) is 11.3 Å². The molecule has 0 aliphatic heterocycles. The summed E-state index contributed by atoms with van der Waals surface area (Å²) in [6.45, 7) is 2.71. The Labute approximate surface area is 125 Å². The van der Waals surface area contributed by atoms with Gasteiger partial charge in [0.1, 0.15) is 0 Å². The highest BCUT2D eigenvalue weighted by Crippen LogP contribution is 2.28. The van der Waals surface area contributed by atoms with Crippen molar-refractivity contribution in [2.45, 2.75) is 13.5 Å².